The number of halogens is 2. The lowest BCUT2D eigenvalue weighted by molar-refractivity contribution is -0.111. The molecule has 3 heterocycles. The topological polar surface area (TPSA) is 103 Å². The van der Waals surface area contributed by atoms with Gasteiger partial charge in [0.2, 0.25) is 5.91 Å². The van der Waals surface area contributed by atoms with Crippen molar-refractivity contribution in [3.05, 3.63) is 82.1 Å². The highest BCUT2D eigenvalue weighted by Gasteiger charge is 2.24. The number of aliphatic hydroxyl groups is 1. The second-order valence-corrected chi connectivity index (χ2v) is 9.67. The maximum atomic E-state index is 12.3. The van der Waals surface area contributed by atoms with Crippen molar-refractivity contribution in [2.75, 3.05) is 18.5 Å². The number of pyridine rings is 1. The van der Waals surface area contributed by atoms with Crippen molar-refractivity contribution in [2.45, 2.75) is 26.1 Å². The molecule has 0 saturated heterocycles. The Morgan fingerprint density at radius 1 is 1.24 bits per heavy atom. The fourth-order valence-corrected chi connectivity index (χ4v) is 5.32. The summed E-state index contributed by atoms with van der Waals surface area (Å²) < 4.78 is 6.21. The van der Waals surface area contributed by atoms with E-state index in [1.54, 1.807) is 0 Å². The number of amides is 1. The summed E-state index contributed by atoms with van der Waals surface area (Å²) in [4.78, 5) is 18.4. The first kappa shape index (κ1) is 25.2. The molecular weight excluding hydrogens is 513 g/mol. The van der Waals surface area contributed by atoms with E-state index in [1.807, 2.05) is 37.3 Å². The van der Waals surface area contributed by atoms with Gasteiger partial charge in [0.15, 0.2) is 0 Å². The van der Waals surface area contributed by atoms with E-state index >= 15 is 0 Å². The molecule has 4 aromatic rings. The van der Waals surface area contributed by atoms with Crippen LogP contribution < -0.4 is 10.1 Å². The Hall–Kier alpha value is -3.43. The molecular formula is C27H25Cl2N5O3. The van der Waals surface area contributed by atoms with Gasteiger partial charge in [-0.3, -0.25) is 19.8 Å². The standard InChI is InChI=1S/C27H25Cl2N5O3/c1-3-25(36)31-24-9-17-14-34(6-7-35)13-16(17)8-19(24)27-20-10-18(4-5-23(20)32-33-27)37-15(2)26-21(28)11-30-12-22(26)29/h3-5,8-12,15,35H,1,6-7,13-14H2,2H3,(H,31,36)(H,32,33)/t15-/m1/s1. The lowest BCUT2D eigenvalue weighted by atomic mass is 9.99. The summed E-state index contributed by atoms with van der Waals surface area (Å²) >= 11 is 12.6. The molecule has 37 heavy (non-hydrogen) atoms. The van der Waals surface area contributed by atoms with Crippen molar-refractivity contribution in [2.24, 2.45) is 0 Å². The van der Waals surface area contributed by atoms with E-state index in [0.29, 0.717) is 52.4 Å². The summed E-state index contributed by atoms with van der Waals surface area (Å²) in [6, 6.07) is 9.66. The van der Waals surface area contributed by atoms with Gasteiger partial charge in [0.1, 0.15) is 17.5 Å². The molecule has 0 fully saturated rings. The molecule has 2 aromatic carbocycles. The summed E-state index contributed by atoms with van der Waals surface area (Å²) in [5.74, 6) is 0.300. The Labute approximate surface area is 223 Å². The molecule has 0 unspecified atom stereocenters. The fourth-order valence-electron chi connectivity index (χ4n) is 4.65. The van der Waals surface area contributed by atoms with Crippen molar-refractivity contribution in [1.29, 1.82) is 0 Å². The van der Waals surface area contributed by atoms with Gasteiger partial charge in [0.25, 0.3) is 0 Å². The Morgan fingerprint density at radius 2 is 1.97 bits per heavy atom. The van der Waals surface area contributed by atoms with Crippen LogP contribution >= 0.6 is 23.2 Å². The third kappa shape index (κ3) is 5.06. The number of aliphatic hydroxyl groups excluding tert-OH is 1. The predicted molar refractivity (Wildman–Crippen MR) is 145 cm³/mol. The summed E-state index contributed by atoms with van der Waals surface area (Å²) in [5.41, 5.74) is 5.79. The van der Waals surface area contributed by atoms with E-state index < -0.39 is 6.10 Å². The van der Waals surface area contributed by atoms with Gasteiger partial charge >= 0.3 is 0 Å². The fraction of sp³-hybridized carbons (Fsp3) is 0.222. The van der Waals surface area contributed by atoms with Crippen LogP contribution in [0.2, 0.25) is 10.0 Å². The molecule has 1 amide bonds. The number of hydrogen-bond donors (Lipinski definition) is 3. The minimum atomic E-state index is -0.421. The number of fused-ring (bicyclic) bond motifs is 2. The van der Waals surface area contributed by atoms with Gasteiger partial charge in [-0.25, -0.2) is 0 Å². The van der Waals surface area contributed by atoms with Crippen LogP contribution in [0, 0.1) is 0 Å². The number of ether oxygens (including phenoxy) is 1. The molecule has 3 N–H and O–H groups in total. The Balaban J connectivity index is 1.54. The number of benzene rings is 2. The molecule has 190 valence electrons. The molecule has 5 rings (SSSR count). The van der Waals surface area contributed by atoms with Crippen molar-refractivity contribution < 1.29 is 14.6 Å². The van der Waals surface area contributed by atoms with E-state index in [2.05, 4.69) is 32.0 Å². The molecule has 0 saturated carbocycles. The van der Waals surface area contributed by atoms with Crippen molar-refractivity contribution in [1.82, 2.24) is 20.1 Å². The van der Waals surface area contributed by atoms with Crippen LogP contribution in [0.5, 0.6) is 5.75 Å². The maximum absolute atomic E-state index is 12.3. The zero-order chi connectivity index (χ0) is 26.1. The maximum Gasteiger partial charge on any atom is 0.247 e. The van der Waals surface area contributed by atoms with E-state index in [4.69, 9.17) is 27.9 Å². The number of hydrogen-bond acceptors (Lipinski definition) is 6. The molecule has 0 bridgehead atoms. The van der Waals surface area contributed by atoms with Crippen LogP contribution in [0.4, 0.5) is 5.69 Å². The molecule has 10 heteroatoms. The van der Waals surface area contributed by atoms with Crippen LogP contribution in [0.15, 0.2) is 55.4 Å². The highest BCUT2D eigenvalue weighted by molar-refractivity contribution is 6.35. The Bertz CT molecular complexity index is 1480. The summed E-state index contributed by atoms with van der Waals surface area (Å²) in [6.45, 7) is 7.52. The third-order valence-electron chi connectivity index (χ3n) is 6.39. The van der Waals surface area contributed by atoms with Crippen molar-refractivity contribution in [3.8, 4) is 17.0 Å². The van der Waals surface area contributed by atoms with E-state index in [9.17, 15) is 9.90 Å². The zero-order valence-corrected chi connectivity index (χ0v) is 21.6. The molecule has 0 spiro atoms. The third-order valence-corrected chi connectivity index (χ3v) is 6.99. The van der Waals surface area contributed by atoms with E-state index in [0.717, 1.165) is 27.6 Å². The van der Waals surface area contributed by atoms with Gasteiger partial charge in [-0.05, 0) is 54.5 Å². The number of anilines is 1. The molecule has 0 aliphatic carbocycles. The SMILES string of the molecule is C=CC(=O)Nc1cc2c(cc1-c1n[nH]c3ccc(O[C@H](C)c4c(Cl)cncc4Cl)cc13)CN(CCO)C2. The average molecular weight is 538 g/mol. The smallest absolute Gasteiger partial charge is 0.247 e. The molecule has 1 aliphatic heterocycles. The summed E-state index contributed by atoms with van der Waals surface area (Å²) in [5, 5.41) is 21.7. The number of carbonyl (C=O) groups is 1. The van der Waals surface area contributed by atoms with Crippen LogP contribution in [0.25, 0.3) is 22.2 Å². The number of rotatable bonds is 8. The van der Waals surface area contributed by atoms with Gasteiger partial charge in [-0.1, -0.05) is 29.8 Å². The molecule has 2 aromatic heterocycles. The van der Waals surface area contributed by atoms with Crippen molar-refractivity contribution in [3.63, 3.8) is 0 Å². The highest BCUT2D eigenvalue weighted by atomic mass is 35.5. The van der Waals surface area contributed by atoms with Crippen LogP contribution in [-0.4, -0.2) is 44.2 Å². The van der Waals surface area contributed by atoms with Crippen LogP contribution in [-0.2, 0) is 17.9 Å². The quantitative estimate of drug-likeness (QED) is 0.256. The molecule has 1 atom stereocenters. The van der Waals surface area contributed by atoms with Crippen molar-refractivity contribution >= 4 is 45.7 Å². The lowest BCUT2D eigenvalue weighted by Gasteiger charge is -2.17. The van der Waals surface area contributed by atoms with Crippen LogP contribution in [0.1, 0.15) is 29.7 Å². The Morgan fingerprint density at radius 3 is 2.68 bits per heavy atom. The largest absolute Gasteiger partial charge is 0.486 e. The number of β-amino-alcohol motifs (C(OH)–C–C–N with tert-alkyl or cyclic N) is 1. The molecule has 8 nitrogen and oxygen atoms in total. The minimum Gasteiger partial charge on any atom is -0.486 e. The highest BCUT2D eigenvalue weighted by Crippen LogP contribution is 2.39. The first-order chi connectivity index (χ1) is 17.9. The first-order valence-corrected chi connectivity index (χ1v) is 12.5. The number of aromatic nitrogens is 3. The van der Waals surface area contributed by atoms with Crippen LogP contribution in [0.3, 0.4) is 0 Å². The van der Waals surface area contributed by atoms with E-state index in [-0.39, 0.29) is 12.5 Å². The summed E-state index contributed by atoms with van der Waals surface area (Å²) in [6.07, 6.45) is 3.89. The summed E-state index contributed by atoms with van der Waals surface area (Å²) in [7, 11) is 0. The van der Waals surface area contributed by atoms with Gasteiger partial charge in [-0.2, -0.15) is 5.10 Å². The number of aromatic amines is 1. The monoisotopic (exact) mass is 537 g/mol. The lowest BCUT2D eigenvalue weighted by Crippen LogP contribution is -2.20. The van der Waals surface area contributed by atoms with Gasteiger partial charge < -0.3 is 15.2 Å². The number of carbonyl (C=O) groups excluding carboxylic acids is 1. The number of H-pyrrole nitrogens is 1. The second kappa shape index (κ2) is 10.5. The normalized spacial score (nSPS) is 13.9. The zero-order valence-electron chi connectivity index (χ0n) is 20.1. The number of nitrogens with one attached hydrogen (secondary N) is 2. The van der Waals surface area contributed by atoms with Gasteiger partial charge in [-0.15, -0.1) is 0 Å². The molecule has 1 aliphatic rings. The molecule has 0 radical (unpaired) electrons. The van der Waals surface area contributed by atoms with E-state index in [1.165, 1.54) is 18.5 Å². The first-order valence-electron chi connectivity index (χ1n) is 11.7. The number of nitrogens with zero attached hydrogens (tertiary/aromatic N) is 3. The van der Waals surface area contributed by atoms with Gasteiger partial charge in [0.05, 0.1) is 27.9 Å². The van der Waals surface area contributed by atoms with Gasteiger partial charge in [0, 0.05) is 48.5 Å². The predicted octanol–water partition coefficient (Wildman–Crippen LogP) is 5.50. The minimum absolute atomic E-state index is 0.0853. The second-order valence-electron chi connectivity index (χ2n) is 8.85. The Kier molecular flexibility index (Phi) is 7.17. The average Bonchev–Trinajstić information content (AvgIpc) is 3.46.